The molecule has 7 nitrogen and oxygen atoms in total. The summed E-state index contributed by atoms with van der Waals surface area (Å²) < 4.78 is 5.70. The van der Waals surface area contributed by atoms with Gasteiger partial charge >= 0.3 is 6.09 Å². The molecule has 1 amide bonds. The number of alkyl carbamates (subject to hydrolysis) is 1. The van der Waals surface area contributed by atoms with Crippen LogP contribution in [-0.2, 0) is 4.74 Å². The summed E-state index contributed by atoms with van der Waals surface area (Å²) in [4.78, 5) is 15.1. The van der Waals surface area contributed by atoms with Gasteiger partial charge in [-0.1, -0.05) is 78.9 Å². The van der Waals surface area contributed by atoms with E-state index in [0.717, 1.165) is 28.2 Å². The third-order valence-electron chi connectivity index (χ3n) is 6.11. The molecule has 3 N–H and O–H groups in total. The van der Waals surface area contributed by atoms with Crippen molar-refractivity contribution in [3.63, 3.8) is 0 Å². The Balaban J connectivity index is 1.45. The van der Waals surface area contributed by atoms with E-state index in [9.17, 15) is 4.79 Å². The molecule has 5 rings (SSSR count). The maximum Gasteiger partial charge on any atom is 0.409 e. The van der Waals surface area contributed by atoms with Crippen LogP contribution in [0.2, 0.25) is 0 Å². The van der Waals surface area contributed by atoms with Crippen LogP contribution >= 0.6 is 0 Å². The average molecular weight is 442 g/mol. The van der Waals surface area contributed by atoms with Gasteiger partial charge in [-0.3, -0.25) is 10.7 Å². The van der Waals surface area contributed by atoms with Gasteiger partial charge in [-0.15, -0.1) is 0 Å². The van der Waals surface area contributed by atoms with Gasteiger partial charge in [0.1, 0.15) is 18.1 Å². The molecule has 2 heterocycles. The zero-order chi connectivity index (χ0) is 22.8. The van der Waals surface area contributed by atoms with Crippen molar-refractivity contribution in [3.05, 3.63) is 102 Å². The second-order valence-electron chi connectivity index (χ2n) is 8.25. The molecule has 7 heteroatoms. The molecule has 2 aliphatic rings. The number of ether oxygens (including phenoxy) is 1. The van der Waals surface area contributed by atoms with E-state index in [-0.39, 0.29) is 18.3 Å². The molecular weight excluding hydrogens is 414 g/mol. The van der Waals surface area contributed by atoms with Crippen molar-refractivity contribution in [3.8, 4) is 0 Å². The highest BCUT2D eigenvalue weighted by Crippen LogP contribution is 2.36. The molecule has 4 atom stereocenters. The Hall–Kier alpha value is -3.84. The average Bonchev–Trinajstić information content (AvgIpc) is 3.17. The van der Waals surface area contributed by atoms with Crippen LogP contribution in [0.25, 0.3) is 0 Å². The van der Waals surface area contributed by atoms with Gasteiger partial charge in [-0.2, -0.15) is 5.10 Å². The van der Waals surface area contributed by atoms with E-state index in [4.69, 9.17) is 4.74 Å². The predicted octanol–water partition coefficient (Wildman–Crippen LogP) is 4.26. The molecule has 0 fully saturated rings. The number of hydrogen-bond donors (Lipinski definition) is 3. The van der Waals surface area contributed by atoms with E-state index < -0.39 is 12.3 Å². The molecule has 0 aliphatic carbocycles. The number of nitrogens with one attached hydrogen (secondary N) is 3. The normalized spacial score (nSPS) is 22.2. The molecule has 3 aromatic rings. The summed E-state index contributed by atoms with van der Waals surface area (Å²) in [7, 11) is 0. The van der Waals surface area contributed by atoms with E-state index in [0.29, 0.717) is 0 Å². The molecule has 3 aromatic carbocycles. The number of nitrogens with zero attached hydrogens (tertiary/aromatic N) is 2. The van der Waals surface area contributed by atoms with E-state index in [1.165, 1.54) is 0 Å². The van der Waals surface area contributed by atoms with Crippen LogP contribution in [0.1, 0.15) is 42.7 Å². The van der Waals surface area contributed by atoms with E-state index in [1.807, 2.05) is 74.5 Å². The number of fused-ring (bicyclic) bond motifs is 3. The first-order valence-electron chi connectivity index (χ1n) is 11.1. The van der Waals surface area contributed by atoms with Gasteiger partial charge in [0.15, 0.2) is 6.17 Å². The zero-order valence-electron chi connectivity index (χ0n) is 18.6. The quantitative estimate of drug-likeness (QED) is 0.564. The Morgan fingerprint density at radius 3 is 2.42 bits per heavy atom. The molecule has 0 radical (unpaired) electrons. The summed E-state index contributed by atoms with van der Waals surface area (Å²) in [5, 5.41) is 11.1. The first-order valence-corrected chi connectivity index (χ1v) is 11.1. The summed E-state index contributed by atoms with van der Waals surface area (Å²) in [5.41, 5.74) is 7.39. The van der Waals surface area contributed by atoms with Gasteiger partial charge < -0.3 is 15.0 Å². The summed E-state index contributed by atoms with van der Waals surface area (Å²) in [6, 6.07) is 28.0. The molecule has 168 valence electrons. The lowest BCUT2D eigenvalue weighted by Gasteiger charge is -2.31. The molecule has 3 unspecified atom stereocenters. The van der Waals surface area contributed by atoms with Gasteiger partial charge in [0.05, 0.1) is 6.04 Å². The first-order chi connectivity index (χ1) is 16.1. The Morgan fingerprint density at radius 2 is 1.67 bits per heavy atom. The fraction of sp³-hybridized carbons (Fsp3) is 0.231. The standard InChI is InChI=1S/C26H27N5O2/c1-17(19-11-5-3-6-12-19)33-26(32)28-24-25-30-29-18(2)31(25)22-16-10-9-15-21(22)23(27-24)20-13-7-4-8-14-20/h3-17,23-25,27,30H,1-2H3,(H,28,32)/t17-,23?,24?,25?/m0/s1. The van der Waals surface area contributed by atoms with E-state index >= 15 is 0 Å². The van der Waals surface area contributed by atoms with Gasteiger partial charge in [0, 0.05) is 5.69 Å². The molecule has 0 saturated carbocycles. The monoisotopic (exact) mass is 441 g/mol. The number of rotatable bonds is 4. The first kappa shape index (κ1) is 21.0. The van der Waals surface area contributed by atoms with Crippen molar-refractivity contribution in [1.82, 2.24) is 16.1 Å². The topological polar surface area (TPSA) is 78.0 Å². The third kappa shape index (κ3) is 4.15. The number of amidine groups is 1. The van der Waals surface area contributed by atoms with Crippen molar-refractivity contribution in [2.75, 3.05) is 4.90 Å². The van der Waals surface area contributed by atoms with Crippen molar-refractivity contribution in [2.45, 2.75) is 38.3 Å². The van der Waals surface area contributed by atoms with Crippen LogP contribution in [-0.4, -0.2) is 24.3 Å². The van der Waals surface area contributed by atoms with Gasteiger partial charge in [-0.25, -0.2) is 4.79 Å². The molecule has 0 saturated heterocycles. The Labute approximate surface area is 193 Å². The summed E-state index contributed by atoms with van der Waals surface area (Å²) in [5.74, 6) is 0.834. The highest BCUT2D eigenvalue weighted by atomic mass is 16.6. The molecule has 33 heavy (non-hydrogen) atoms. The lowest BCUT2D eigenvalue weighted by Crippen LogP contribution is -2.60. The number of hydrogen-bond acceptors (Lipinski definition) is 6. The molecule has 0 bridgehead atoms. The SMILES string of the molecule is CC1=NNC2C(NC(=O)O[C@@H](C)c3ccccc3)NC(c3ccccc3)c3ccccc3N12. The Kier molecular flexibility index (Phi) is 5.71. The van der Waals surface area contributed by atoms with Crippen LogP contribution in [0.3, 0.4) is 0 Å². The number of benzene rings is 3. The summed E-state index contributed by atoms with van der Waals surface area (Å²) in [6.45, 7) is 3.82. The lowest BCUT2D eigenvalue weighted by molar-refractivity contribution is 0.0995. The highest BCUT2D eigenvalue weighted by molar-refractivity contribution is 5.99. The maximum absolute atomic E-state index is 12.9. The fourth-order valence-corrected chi connectivity index (χ4v) is 4.49. The van der Waals surface area contributed by atoms with Crippen molar-refractivity contribution in [2.24, 2.45) is 5.10 Å². The van der Waals surface area contributed by atoms with Crippen molar-refractivity contribution >= 4 is 17.6 Å². The zero-order valence-corrected chi connectivity index (χ0v) is 18.6. The molecule has 0 spiro atoms. The minimum Gasteiger partial charge on any atom is -0.442 e. The minimum atomic E-state index is -0.493. The van der Waals surface area contributed by atoms with Gasteiger partial charge in [0.2, 0.25) is 0 Å². The maximum atomic E-state index is 12.9. The van der Waals surface area contributed by atoms with E-state index in [2.05, 4.69) is 50.3 Å². The second kappa shape index (κ2) is 8.96. The van der Waals surface area contributed by atoms with Crippen LogP contribution in [0.15, 0.2) is 90.0 Å². The van der Waals surface area contributed by atoms with Crippen LogP contribution in [0, 0.1) is 0 Å². The lowest BCUT2D eigenvalue weighted by atomic mass is 9.97. The minimum absolute atomic E-state index is 0.126. The van der Waals surface area contributed by atoms with E-state index in [1.54, 1.807) is 0 Å². The predicted molar refractivity (Wildman–Crippen MR) is 129 cm³/mol. The van der Waals surface area contributed by atoms with Crippen molar-refractivity contribution in [1.29, 1.82) is 0 Å². The Morgan fingerprint density at radius 1 is 1.00 bits per heavy atom. The van der Waals surface area contributed by atoms with Crippen molar-refractivity contribution < 1.29 is 9.53 Å². The van der Waals surface area contributed by atoms with Crippen LogP contribution < -0.4 is 21.0 Å². The number of hydrazone groups is 1. The number of carbonyl (C=O) groups is 1. The largest absolute Gasteiger partial charge is 0.442 e. The smallest absolute Gasteiger partial charge is 0.409 e. The van der Waals surface area contributed by atoms with Crippen LogP contribution in [0.5, 0.6) is 0 Å². The number of amides is 1. The number of para-hydroxylation sites is 1. The Bertz CT molecular complexity index is 1150. The van der Waals surface area contributed by atoms with Gasteiger partial charge in [0.25, 0.3) is 0 Å². The molecule has 2 aliphatic heterocycles. The summed E-state index contributed by atoms with van der Waals surface area (Å²) in [6.07, 6.45) is -1.64. The summed E-state index contributed by atoms with van der Waals surface area (Å²) >= 11 is 0. The third-order valence-corrected chi connectivity index (χ3v) is 6.11. The van der Waals surface area contributed by atoms with Crippen LogP contribution in [0.4, 0.5) is 10.5 Å². The fourth-order valence-electron chi connectivity index (χ4n) is 4.49. The molecular formula is C26H27N5O2. The highest BCUT2D eigenvalue weighted by Gasteiger charge is 2.41. The van der Waals surface area contributed by atoms with Gasteiger partial charge in [-0.05, 0) is 36.6 Å². The molecule has 0 aromatic heterocycles. The number of carbonyl (C=O) groups excluding carboxylic acids is 1. The number of anilines is 1. The second-order valence-corrected chi connectivity index (χ2v) is 8.25.